The monoisotopic (exact) mass is 517 g/mol. The van der Waals surface area contributed by atoms with E-state index >= 15 is 0 Å². The minimum atomic E-state index is -0.277. The first-order valence-corrected chi connectivity index (χ1v) is 12.3. The Morgan fingerprint density at radius 3 is 2.36 bits per heavy atom. The van der Waals surface area contributed by atoms with Gasteiger partial charge in [0.2, 0.25) is 5.91 Å². The van der Waals surface area contributed by atoms with Gasteiger partial charge in [0.1, 0.15) is 12.1 Å². The molecule has 0 aliphatic carbocycles. The molecule has 0 aliphatic rings. The molecule has 0 aliphatic heterocycles. The van der Waals surface area contributed by atoms with Gasteiger partial charge < -0.3 is 10.6 Å². The number of pyridine rings is 1. The summed E-state index contributed by atoms with van der Waals surface area (Å²) in [7, 11) is 0. The number of nitrogens with one attached hydrogen (secondary N) is 2. The topological polar surface area (TPSA) is 96.9 Å². The smallest absolute Gasteiger partial charge is 0.256 e. The number of aromatic nitrogens is 3. The third-order valence-electron chi connectivity index (χ3n) is 5.50. The van der Waals surface area contributed by atoms with Gasteiger partial charge >= 0.3 is 0 Å². The molecule has 0 fully saturated rings. The second kappa shape index (κ2) is 14.5. The molecule has 2 amide bonds. The van der Waals surface area contributed by atoms with Gasteiger partial charge in [-0.3, -0.25) is 9.59 Å². The van der Waals surface area contributed by atoms with Crippen molar-refractivity contribution in [2.24, 2.45) is 0 Å². The maximum atomic E-state index is 12.8. The predicted molar refractivity (Wildman–Crippen MR) is 157 cm³/mol. The highest BCUT2D eigenvalue weighted by Crippen LogP contribution is 2.24. The predicted octanol–water partition coefficient (Wildman–Crippen LogP) is 6.31. The number of rotatable bonds is 8. The summed E-state index contributed by atoms with van der Waals surface area (Å²) in [6.07, 6.45) is 16.8. The standard InChI is InChI=1S/C32H31N5O2/c1-5-25(9-7-8-15-36-31(38)6-2)29-19-28(17-24(4)20-33-22-34-21-29)26-10-12-27(13-11-26)32(39)37-30-18-23(3)14-16-35-30/h5-22H,2H2,1,3-4H3,(H,36,38)(H,35,37,39)/b9-7+,15-8+,24-17?,24-20?,25-5+,28-17?,28-19?,29-19?,29-21?,33-20?,33-22?,34-21?,34-22?. The number of carbonyl (C=O) groups is 2. The summed E-state index contributed by atoms with van der Waals surface area (Å²) in [5.74, 6) is 0.00473. The molecule has 2 heterocycles. The van der Waals surface area contributed by atoms with E-state index in [0.29, 0.717) is 11.4 Å². The molecular formula is C32H31N5O2. The summed E-state index contributed by atoms with van der Waals surface area (Å²) in [6.45, 7) is 9.28. The molecule has 0 bridgehead atoms. The van der Waals surface area contributed by atoms with E-state index in [0.717, 1.165) is 33.4 Å². The Morgan fingerprint density at radius 1 is 0.872 bits per heavy atom. The third kappa shape index (κ3) is 9.02. The Hall–Kier alpha value is -5.17. The summed E-state index contributed by atoms with van der Waals surface area (Å²) in [5, 5.41) is 5.42. The van der Waals surface area contributed by atoms with Gasteiger partial charge in [0.15, 0.2) is 0 Å². The van der Waals surface area contributed by atoms with Crippen LogP contribution in [-0.4, -0.2) is 26.8 Å². The molecule has 0 atom stereocenters. The Balaban J connectivity index is 1.94. The van der Waals surface area contributed by atoms with Crippen LogP contribution in [0.25, 0.3) is 16.7 Å². The first-order valence-electron chi connectivity index (χ1n) is 12.3. The fourth-order valence-corrected chi connectivity index (χ4v) is 3.53. The number of hydrogen-bond donors (Lipinski definition) is 2. The lowest BCUT2D eigenvalue weighted by atomic mass is 10.00. The zero-order valence-corrected chi connectivity index (χ0v) is 22.3. The van der Waals surface area contributed by atoms with Gasteiger partial charge in [0.05, 0.1) is 0 Å². The molecule has 0 saturated heterocycles. The van der Waals surface area contributed by atoms with Gasteiger partial charge in [0.25, 0.3) is 5.91 Å². The number of aryl methyl sites for hydroxylation is 2. The van der Waals surface area contributed by atoms with E-state index in [9.17, 15) is 9.59 Å². The minimum Gasteiger partial charge on any atom is -0.329 e. The number of benzene rings is 1. The van der Waals surface area contributed by atoms with Crippen molar-refractivity contribution in [3.63, 3.8) is 0 Å². The minimum absolute atomic E-state index is 0.230. The highest BCUT2D eigenvalue weighted by atomic mass is 16.2. The molecule has 3 aromatic rings. The van der Waals surface area contributed by atoms with Gasteiger partial charge in [-0.05, 0) is 97.1 Å². The fraction of sp³-hybridized carbons (Fsp3) is 0.0938. The van der Waals surface area contributed by atoms with Gasteiger partial charge in [0, 0.05) is 35.9 Å². The molecule has 0 saturated carbocycles. The lowest BCUT2D eigenvalue weighted by Gasteiger charge is -2.08. The lowest BCUT2D eigenvalue weighted by Crippen LogP contribution is -2.12. The first-order chi connectivity index (χ1) is 18.9. The zero-order valence-electron chi connectivity index (χ0n) is 22.3. The van der Waals surface area contributed by atoms with Crippen LogP contribution in [-0.2, 0) is 4.79 Å². The second-order valence-electron chi connectivity index (χ2n) is 8.54. The van der Waals surface area contributed by atoms with Gasteiger partial charge in [-0.2, -0.15) is 0 Å². The Labute approximate surface area is 229 Å². The molecule has 39 heavy (non-hydrogen) atoms. The van der Waals surface area contributed by atoms with Crippen LogP contribution >= 0.6 is 0 Å². The number of carbonyl (C=O) groups excluding carboxylic acids is 2. The SMILES string of the molecule is C=CC(=O)N/C=C/C=C/C(=C\C)c1cncncc(C)cc(-c2ccc(C(=O)Nc3cc(C)ccn3)cc2)c1. The number of hydrogen-bond acceptors (Lipinski definition) is 5. The summed E-state index contributed by atoms with van der Waals surface area (Å²) in [5.41, 5.74) is 6.12. The van der Waals surface area contributed by atoms with Crippen molar-refractivity contribution < 1.29 is 9.59 Å². The van der Waals surface area contributed by atoms with Crippen LogP contribution in [0.5, 0.6) is 0 Å². The van der Waals surface area contributed by atoms with Crippen molar-refractivity contribution in [2.75, 3.05) is 5.32 Å². The molecule has 1 aromatic carbocycles. The van der Waals surface area contributed by atoms with E-state index in [2.05, 4.69) is 32.2 Å². The van der Waals surface area contributed by atoms with Crippen LogP contribution in [0, 0.1) is 13.8 Å². The van der Waals surface area contributed by atoms with Crippen molar-refractivity contribution >= 4 is 23.2 Å². The quantitative estimate of drug-likeness (QED) is 0.270. The van der Waals surface area contributed by atoms with Crippen LogP contribution in [0.4, 0.5) is 5.82 Å². The van der Waals surface area contributed by atoms with E-state index in [1.165, 1.54) is 12.4 Å². The summed E-state index contributed by atoms with van der Waals surface area (Å²) < 4.78 is 0. The molecule has 196 valence electrons. The average Bonchev–Trinajstić information content (AvgIpc) is 2.93. The summed E-state index contributed by atoms with van der Waals surface area (Å²) in [4.78, 5) is 36.8. The largest absolute Gasteiger partial charge is 0.329 e. The molecular weight excluding hydrogens is 486 g/mol. The van der Waals surface area contributed by atoms with E-state index < -0.39 is 0 Å². The molecule has 0 radical (unpaired) electrons. The first kappa shape index (κ1) is 28.4. The van der Waals surface area contributed by atoms with Crippen molar-refractivity contribution in [2.45, 2.75) is 20.8 Å². The van der Waals surface area contributed by atoms with Gasteiger partial charge in [-0.1, -0.05) is 36.9 Å². The third-order valence-corrected chi connectivity index (χ3v) is 5.50. The van der Waals surface area contributed by atoms with Crippen LogP contribution in [0.3, 0.4) is 0 Å². The normalized spacial score (nSPS) is 11.2. The highest BCUT2D eigenvalue weighted by Gasteiger charge is 2.08. The maximum absolute atomic E-state index is 12.8. The molecule has 0 spiro atoms. The van der Waals surface area contributed by atoms with E-state index in [4.69, 9.17) is 0 Å². The highest BCUT2D eigenvalue weighted by molar-refractivity contribution is 6.04. The van der Waals surface area contributed by atoms with Crippen molar-refractivity contribution in [3.05, 3.63) is 139 Å². The van der Waals surface area contributed by atoms with E-state index in [-0.39, 0.29) is 11.8 Å². The fourth-order valence-electron chi connectivity index (χ4n) is 3.53. The molecule has 7 nitrogen and oxygen atoms in total. The number of allylic oxidation sites excluding steroid dienone is 5. The maximum Gasteiger partial charge on any atom is 0.256 e. The van der Waals surface area contributed by atoms with Crippen molar-refractivity contribution in [1.29, 1.82) is 0 Å². The zero-order chi connectivity index (χ0) is 28.0. The van der Waals surface area contributed by atoms with Crippen molar-refractivity contribution in [1.82, 2.24) is 20.3 Å². The number of amides is 2. The van der Waals surface area contributed by atoms with Gasteiger partial charge in [-0.15, -0.1) is 0 Å². The van der Waals surface area contributed by atoms with Crippen molar-refractivity contribution in [3.8, 4) is 11.1 Å². The van der Waals surface area contributed by atoms with Gasteiger partial charge in [-0.25, -0.2) is 15.0 Å². The molecule has 3 rings (SSSR count). The average molecular weight is 518 g/mol. The number of anilines is 1. The Bertz CT molecular complexity index is 1490. The van der Waals surface area contributed by atoms with Crippen LogP contribution in [0.1, 0.15) is 34.0 Å². The number of nitrogens with zero attached hydrogens (tertiary/aromatic N) is 3. The second-order valence-corrected chi connectivity index (χ2v) is 8.54. The molecule has 2 N–H and O–H groups in total. The van der Waals surface area contributed by atoms with E-state index in [1.807, 2.05) is 75.4 Å². The molecule has 0 unspecified atom stereocenters. The van der Waals surface area contributed by atoms with Crippen LogP contribution in [0.15, 0.2) is 117 Å². The molecule has 2 aromatic heterocycles. The lowest BCUT2D eigenvalue weighted by molar-refractivity contribution is -0.115. The summed E-state index contributed by atoms with van der Waals surface area (Å²) in [6, 6.07) is 15.2. The molecule has 7 heteroatoms. The van der Waals surface area contributed by atoms with Crippen LogP contribution < -0.4 is 10.6 Å². The summed E-state index contributed by atoms with van der Waals surface area (Å²) >= 11 is 0. The van der Waals surface area contributed by atoms with Crippen LogP contribution in [0.2, 0.25) is 0 Å². The Kier molecular flexibility index (Phi) is 10.6. The van der Waals surface area contributed by atoms with E-state index in [1.54, 1.807) is 43.0 Å². The Morgan fingerprint density at radius 2 is 1.64 bits per heavy atom.